The van der Waals surface area contributed by atoms with Gasteiger partial charge >= 0.3 is 0 Å². The minimum absolute atomic E-state index is 0.197. The van der Waals surface area contributed by atoms with E-state index >= 15 is 0 Å². The van der Waals surface area contributed by atoms with Crippen LogP contribution < -0.4 is 5.73 Å². The standard InChI is InChI=1S/C13H17ClFNO/c14-12-10(3-1-4-11(12)15)9-13(16)5-2-7-17-8-6-13/h1,3-4H,2,5-9,16H2. The summed E-state index contributed by atoms with van der Waals surface area (Å²) in [5, 5.41) is 0.197. The van der Waals surface area contributed by atoms with Crippen molar-refractivity contribution in [2.45, 2.75) is 31.2 Å². The van der Waals surface area contributed by atoms with Gasteiger partial charge in [-0.05, 0) is 37.3 Å². The molecule has 17 heavy (non-hydrogen) atoms. The Morgan fingerprint density at radius 1 is 1.35 bits per heavy atom. The van der Waals surface area contributed by atoms with Gasteiger partial charge in [0.1, 0.15) is 5.82 Å². The van der Waals surface area contributed by atoms with Crippen molar-refractivity contribution < 1.29 is 9.13 Å². The molecule has 0 aliphatic carbocycles. The van der Waals surface area contributed by atoms with Crippen molar-refractivity contribution in [1.29, 1.82) is 0 Å². The van der Waals surface area contributed by atoms with Crippen molar-refractivity contribution >= 4 is 11.6 Å². The quantitative estimate of drug-likeness (QED) is 0.884. The van der Waals surface area contributed by atoms with E-state index in [1.54, 1.807) is 6.07 Å². The smallest absolute Gasteiger partial charge is 0.142 e. The number of halogens is 2. The minimum atomic E-state index is -0.377. The molecule has 1 aromatic carbocycles. The fourth-order valence-electron chi connectivity index (χ4n) is 2.27. The number of ether oxygens (including phenoxy) is 1. The van der Waals surface area contributed by atoms with Gasteiger partial charge in [-0.15, -0.1) is 0 Å². The lowest BCUT2D eigenvalue weighted by atomic mass is 9.85. The van der Waals surface area contributed by atoms with Gasteiger partial charge in [0.25, 0.3) is 0 Å². The number of hydrogen-bond donors (Lipinski definition) is 1. The summed E-state index contributed by atoms with van der Waals surface area (Å²) in [4.78, 5) is 0. The Bertz CT molecular complexity index is 389. The predicted molar refractivity (Wildman–Crippen MR) is 66.7 cm³/mol. The Balaban J connectivity index is 2.15. The van der Waals surface area contributed by atoms with Crippen LogP contribution in [0.25, 0.3) is 0 Å². The second-order valence-corrected chi connectivity index (χ2v) is 5.10. The fourth-order valence-corrected chi connectivity index (χ4v) is 2.46. The molecule has 2 N–H and O–H groups in total. The van der Waals surface area contributed by atoms with Crippen molar-refractivity contribution in [2.24, 2.45) is 5.73 Å². The van der Waals surface area contributed by atoms with Gasteiger partial charge in [0, 0.05) is 18.8 Å². The van der Waals surface area contributed by atoms with E-state index < -0.39 is 0 Å². The Hall–Kier alpha value is -0.640. The van der Waals surface area contributed by atoms with Crippen LogP contribution in [0.4, 0.5) is 4.39 Å². The van der Waals surface area contributed by atoms with Gasteiger partial charge in [-0.2, -0.15) is 0 Å². The molecular weight excluding hydrogens is 241 g/mol. The molecule has 1 aliphatic rings. The van der Waals surface area contributed by atoms with Gasteiger partial charge in [0.2, 0.25) is 0 Å². The summed E-state index contributed by atoms with van der Waals surface area (Å²) in [6.07, 6.45) is 3.23. The van der Waals surface area contributed by atoms with Crippen molar-refractivity contribution in [1.82, 2.24) is 0 Å². The van der Waals surface area contributed by atoms with Crippen LogP contribution in [0, 0.1) is 5.82 Å². The first kappa shape index (κ1) is 12.8. The average Bonchev–Trinajstić information content (AvgIpc) is 2.50. The van der Waals surface area contributed by atoms with Crippen molar-refractivity contribution in [3.05, 3.63) is 34.6 Å². The van der Waals surface area contributed by atoms with Crippen molar-refractivity contribution in [2.75, 3.05) is 13.2 Å². The zero-order valence-corrected chi connectivity index (χ0v) is 10.5. The zero-order valence-electron chi connectivity index (χ0n) is 9.72. The number of nitrogens with two attached hydrogens (primary N) is 1. The zero-order chi connectivity index (χ0) is 12.3. The van der Waals surface area contributed by atoms with Crippen LogP contribution in [-0.2, 0) is 11.2 Å². The maximum Gasteiger partial charge on any atom is 0.142 e. The summed E-state index contributed by atoms with van der Waals surface area (Å²) in [6, 6.07) is 4.88. The largest absolute Gasteiger partial charge is 0.381 e. The molecule has 2 rings (SSSR count). The molecule has 1 heterocycles. The second kappa shape index (κ2) is 5.34. The fraction of sp³-hybridized carbons (Fsp3) is 0.538. The van der Waals surface area contributed by atoms with Gasteiger partial charge < -0.3 is 10.5 Å². The highest BCUT2D eigenvalue weighted by Crippen LogP contribution is 2.28. The molecule has 0 aromatic heterocycles. The lowest BCUT2D eigenvalue weighted by Crippen LogP contribution is -2.42. The van der Waals surface area contributed by atoms with Crippen LogP contribution in [0.3, 0.4) is 0 Å². The molecule has 94 valence electrons. The number of benzene rings is 1. The summed E-state index contributed by atoms with van der Waals surface area (Å²) < 4.78 is 18.7. The van der Waals surface area contributed by atoms with E-state index in [4.69, 9.17) is 22.1 Å². The molecular formula is C13H17ClFNO. The molecule has 4 heteroatoms. The van der Waals surface area contributed by atoms with Crippen LogP contribution in [-0.4, -0.2) is 18.8 Å². The number of hydrogen-bond acceptors (Lipinski definition) is 2. The molecule has 1 aliphatic heterocycles. The van der Waals surface area contributed by atoms with Crippen molar-refractivity contribution in [3.63, 3.8) is 0 Å². The van der Waals surface area contributed by atoms with Gasteiger partial charge in [-0.3, -0.25) is 0 Å². The van der Waals surface area contributed by atoms with E-state index in [-0.39, 0.29) is 16.4 Å². The summed E-state index contributed by atoms with van der Waals surface area (Å²) >= 11 is 5.95. The highest BCUT2D eigenvalue weighted by Gasteiger charge is 2.27. The molecule has 0 saturated carbocycles. The molecule has 1 unspecified atom stereocenters. The Labute approximate surface area is 106 Å². The average molecular weight is 258 g/mol. The summed E-state index contributed by atoms with van der Waals surface area (Å²) in [6.45, 7) is 1.43. The maximum absolute atomic E-state index is 13.3. The Morgan fingerprint density at radius 2 is 2.18 bits per heavy atom. The first-order valence-electron chi connectivity index (χ1n) is 5.90. The van der Waals surface area contributed by atoms with Gasteiger partial charge in [-0.25, -0.2) is 4.39 Å². The molecule has 0 bridgehead atoms. The summed E-state index contributed by atoms with van der Waals surface area (Å²) in [5.41, 5.74) is 6.81. The van der Waals surface area contributed by atoms with E-state index in [1.807, 2.05) is 6.07 Å². The highest BCUT2D eigenvalue weighted by molar-refractivity contribution is 6.31. The molecule has 1 saturated heterocycles. The molecule has 1 atom stereocenters. The lowest BCUT2D eigenvalue weighted by Gasteiger charge is -2.28. The van der Waals surface area contributed by atoms with Gasteiger partial charge in [0.15, 0.2) is 0 Å². The first-order valence-corrected chi connectivity index (χ1v) is 6.28. The second-order valence-electron chi connectivity index (χ2n) is 4.72. The topological polar surface area (TPSA) is 35.2 Å². The number of rotatable bonds is 2. The van der Waals surface area contributed by atoms with E-state index in [0.717, 1.165) is 31.4 Å². The van der Waals surface area contributed by atoms with E-state index in [0.29, 0.717) is 13.0 Å². The predicted octanol–water partition coefficient (Wildman–Crippen LogP) is 2.92. The van der Waals surface area contributed by atoms with E-state index in [1.165, 1.54) is 6.07 Å². The van der Waals surface area contributed by atoms with Crippen LogP contribution >= 0.6 is 11.6 Å². The first-order chi connectivity index (χ1) is 8.11. The third-order valence-electron chi connectivity index (χ3n) is 3.28. The minimum Gasteiger partial charge on any atom is -0.381 e. The summed E-state index contributed by atoms with van der Waals surface area (Å²) in [7, 11) is 0. The molecule has 2 nitrogen and oxygen atoms in total. The van der Waals surface area contributed by atoms with Crippen LogP contribution in [0.15, 0.2) is 18.2 Å². The summed E-state index contributed by atoms with van der Waals surface area (Å²) in [5.74, 6) is -0.377. The maximum atomic E-state index is 13.3. The Kier molecular flexibility index (Phi) is 4.02. The third kappa shape index (κ3) is 3.18. The Morgan fingerprint density at radius 3 is 3.00 bits per heavy atom. The SMILES string of the molecule is NC1(Cc2cccc(F)c2Cl)CCCOCC1. The molecule has 0 amide bonds. The third-order valence-corrected chi connectivity index (χ3v) is 3.70. The molecule has 1 fully saturated rings. The van der Waals surface area contributed by atoms with Gasteiger partial charge in [-0.1, -0.05) is 23.7 Å². The van der Waals surface area contributed by atoms with Crippen LogP contribution in [0.1, 0.15) is 24.8 Å². The van der Waals surface area contributed by atoms with E-state index in [9.17, 15) is 4.39 Å². The van der Waals surface area contributed by atoms with E-state index in [2.05, 4.69) is 0 Å². The lowest BCUT2D eigenvalue weighted by molar-refractivity contribution is 0.139. The normalized spacial score (nSPS) is 25.6. The molecule has 0 radical (unpaired) electrons. The van der Waals surface area contributed by atoms with Crippen molar-refractivity contribution in [3.8, 4) is 0 Å². The van der Waals surface area contributed by atoms with Gasteiger partial charge in [0.05, 0.1) is 5.02 Å². The monoisotopic (exact) mass is 257 g/mol. The van der Waals surface area contributed by atoms with Crippen LogP contribution in [0.5, 0.6) is 0 Å². The molecule has 1 aromatic rings. The van der Waals surface area contributed by atoms with Crippen LogP contribution in [0.2, 0.25) is 5.02 Å². The molecule has 0 spiro atoms. The highest BCUT2D eigenvalue weighted by atomic mass is 35.5.